The minimum absolute atomic E-state index is 0.0399. The molecule has 0 saturated carbocycles. The van der Waals surface area contributed by atoms with Crippen LogP contribution in [0.25, 0.3) is 0 Å². The van der Waals surface area contributed by atoms with Crippen molar-refractivity contribution in [1.29, 1.82) is 0 Å². The summed E-state index contributed by atoms with van der Waals surface area (Å²) in [5.74, 6) is -6.43. The van der Waals surface area contributed by atoms with Crippen molar-refractivity contribution in [3.8, 4) is 0 Å². The van der Waals surface area contributed by atoms with E-state index in [1.54, 1.807) is 0 Å². The van der Waals surface area contributed by atoms with E-state index in [2.05, 4.69) is 10.3 Å². The second kappa shape index (κ2) is 7.88. The SMILES string of the molecule is Cc1cc(NC(=O)c2csc(C(F)(F)C(=O)N3CCC(O)CC3)n2)ccc1F. The van der Waals surface area contributed by atoms with Crippen LogP contribution >= 0.6 is 11.3 Å². The van der Waals surface area contributed by atoms with Crippen molar-refractivity contribution in [2.24, 2.45) is 0 Å². The first kappa shape index (κ1) is 20.3. The number of aliphatic hydroxyl groups is 1. The molecule has 28 heavy (non-hydrogen) atoms. The van der Waals surface area contributed by atoms with E-state index >= 15 is 0 Å². The maximum absolute atomic E-state index is 14.6. The molecule has 0 bridgehead atoms. The number of carbonyl (C=O) groups excluding carboxylic acids is 2. The van der Waals surface area contributed by atoms with Crippen LogP contribution in [0.15, 0.2) is 23.6 Å². The van der Waals surface area contributed by atoms with Crippen LogP contribution in [0.1, 0.15) is 33.9 Å². The number of carbonyl (C=O) groups is 2. The summed E-state index contributed by atoms with van der Waals surface area (Å²) in [7, 11) is 0. The smallest absolute Gasteiger partial charge is 0.375 e. The molecule has 0 radical (unpaired) electrons. The van der Waals surface area contributed by atoms with Gasteiger partial charge >= 0.3 is 11.8 Å². The van der Waals surface area contributed by atoms with Crippen LogP contribution in [0, 0.1) is 12.7 Å². The molecule has 0 spiro atoms. The highest BCUT2D eigenvalue weighted by molar-refractivity contribution is 7.10. The molecule has 0 aliphatic carbocycles. The maximum atomic E-state index is 14.6. The molecule has 2 aromatic rings. The quantitative estimate of drug-likeness (QED) is 0.808. The monoisotopic (exact) mass is 413 g/mol. The molecule has 3 rings (SSSR count). The van der Waals surface area contributed by atoms with Gasteiger partial charge in [-0.15, -0.1) is 11.3 Å². The van der Waals surface area contributed by atoms with Gasteiger partial charge in [-0.2, -0.15) is 8.78 Å². The number of piperidine rings is 1. The maximum Gasteiger partial charge on any atom is 0.375 e. The van der Waals surface area contributed by atoms with E-state index in [1.807, 2.05) is 0 Å². The number of rotatable bonds is 4. The lowest BCUT2D eigenvalue weighted by Gasteiger charge is -2.31. The van der Waals surface area contributed by atoms with E-state index in [4.69, 9.17) is 0 Å². The van der Waals surface area contributed by atoms with Crippen molar-refractivity contribution in [3.63, 3.8) is 0 Å². The molecule has 2 amide bonds. The Balaban J connectivity index is 1.71. The fraction of sp³-hybridized carbons (Fsp3) is 0.389. The fourth-order valence-electron chi connectivity index (χ4n) is 2.80. The fourth-order valence-corrected chi connectivity index (χ4v) is 3.57. The Bertz CT molecular complexity index is 895. The normalized spacial score (nSPS) is 15.5. The lowest BCUT2D eigenvalue weighted by Crippen LogP contribution is -2.46. The predicted molar refractivity (Wildman–Crippen MR) is 96.9 cm³/mol. The first-order valence-electron chi connectivity index (χ1n) is 8.57. The molecule has 1 aliphatic heterocycles. The van der Waals surface area contributed by atoms with E-state index in [1.165, 1.54) is 25.1 Å². The van der Waals surface area contributed by atoms with E-state index in [9.17, 15) is 27.9 Å². The van der Waals surface area contributed by atoms with Gasteiger partial charge in [0.05, 0.1) is 6.10 Å². The van der Waals surface area contributed by atoms with Gasteiger partial charge < -0.3 is 15.3 Å². The molecule has 1 aromatic carbocycles. The van der Waals surface area contributed by atoms with Crippen LogP contribution < -0.4 is 5.32 Å². The summed E-state index contributed by atoms with van der Waals surface area (Å²) in [5.41, 5.74) is 0.359. The molecule has 1 aromatic heterocycles. The highest BCUT2D eigenvalue weighted by Crippen LogP contribution is 2.33. The van der Waals surface area contributed by atoms with Crippen LogP contribution in [0.5, 0.6) is 0 Å². The molecule has 0 atom stereocenters. The third-order valence-corrected chi connectivity index (χ3v) is 5.35. The number of aliphatic hydroxyl groups excluding tert-OH is 1. The number of halogens is 3. The number of benzene rings is 1. The van der Waals surface area contributed by atoms with Crippen molar-refractivity contribution in [2.45, 2.75) is 31.8 Å². The average molecular weight is 413 g/mol. The largest absolute Gasteiger partial charge is 0.393 e. The number of hydrogen-bond donors (Lipinski definition) is 2. The van der Waals surface area contributed by atoms with E-state index in [0.717, 1.165) is 10.3 Å². The summed E-state index contributed by atoms with van der Waals surface area (Å²) in [5, 5.41) is 12.3. The summed E-state index contributed by atoms with van der Waals surface area (Å²) < 4.78 is 42.4. The second-order valence-corrected chi connectivity index (χ2v) is 7.41. The van der Waals surface area contributed by atoms with E-state index in [-0.39, 0.29) is 31.6 Å². The Morgan fingerprint density at radius 3 is 2.64 bits per heavy atom. The molecule has 1 fully saturated rings. The van der Waals surface area contributed by atoms with Gasteiger partial charge in [0.15, 0.2) is 5.01 Å². The Labute approximate surface area is 163 Å². The van der Waals surface area contributed by atoms with Gasteiger partial charge in [-0.3, -0.25) is 9.59 Å². The number of hydrogen-bond acceptors (Lipinski definition) is 5. The molecule has 150 valence electrons. The number of nitrogens with zero attached hydrogens (tertiary/aromatic N) is 2. The molecular weight excluding hydrogens is 395 g/mol. The second-order valence-electron chi connectivity index (χ2n) is 6.55. The van der Waals surface area contributed by atoms with Crippen molar-refractivity contribution in [3.05, 3.63) is 45.7 Å². The van der Waals surface area contributed by atoms with Gasteiger partial charge in [-0.05, 0) is 43.5 Å². The molecular formula is C18H18F3N3O3S. The Morgan fingerprint density at radius 2 is 2.00 bits per heavy atom. The minimum atomic E-state index is -3.86. The lowest BCUT2D eigenvalue weighted by molar-refractivity contribution is -0.161. The van der Waals surface area contributed by atoms with Gasteiger partial charge in [0, 0.05) is 24.2 Å². The van der Waals surface area contributed by atoms with Gasteiger partial charge in [0.25, 0.3) is 5.91 Å². The molecule has 0 unspecified atom stereocenters. The molecule has 1 aliphatic rings. The zero-order chi connectivity index (χ0) is 20.5. The van der Waals surface area contributed by atoms with Crippen molar-refractivity contribution in [1.82, 2.24) is 9.88 Å². The standard InChI is InChI=1S/C18H18F3N3O3S/c1-10-8-11(2-3-13(10)19)22-15(26)14-9-28-16(23-14)18(20,21)17(27)24-6-4-12(25)5-7-24/h2-3,8-9,12,25H,4-7H2,1H3,(H,22,26). The number of aromatic nitrogens is 1. The number of alkyl halides is 2. The minimum Gasteiger partial charge on any atom is -0.393 e. The highest BCUT2D eigenvalue weighted by Gasteiger charge is 2.47. The van der Waals surface area contributed by atoms with E-state index in [0.29, 0.717) is 22.6 Å². The molecule has 2 heterocycles. The van der Waals surface area contributed by atoms with Gasteiger partial charge in [-0.25, -0.2) is 9.37 Å². The summed E-state index contributed by atoms with van der Waals surface area (Å²) in [6.07, 6.45) is -0.113. The number of amides is 2. The average Bonchev–Trinajstić information content (AvgIpc) is 3.16. The zero-order valence-electron chi connectivity index (χ0n) is 14.9. The van der Waals surface area contributed by atoms with E-state index < -0.39 is 34.7 Å². The number of likely N-dealkylation sites (tertiary alicyclic amines) is 1. The van der Waals surface area contributed by atoms with Gasteiger partial charge in [-0.1, -0.05) is 0 Å². The molecule has 10 heteroatoms. The number of anilines is 1. The topological polar surface area (TPSA) is 82.5 Å². The summed E-state index contributed by atoms with van der Waals surface area (Å²) in [6, 6.07) is 3.93. The summed E-state index contributed by atoms with van der Waals surface area (Å²) in [4.78, 5) is 29.1. The number of aryl methyl sites for hydroxylation is 1. The van der Waals surface area contributed by atoms with Crippen LogP contribution in [-0.2, 0) is 10.7 Å². The third-order valence-electron chi connectivity index (χ3n) is 4.44. The number of nitrogens with one attached hydrogen (secondary N) is 1. The Hall–Kier alpha value is -2.46. The molecule has 6 nitrogen and oxygen atoms in total. The van der Waals surface area contributed by atoms with Crippen molar-refractivity contribution >= 4 is 28.8 Å². The van der Waals surface area contributed by atoms with Crippen molar-refractivity contribution < 1.29 is 27.9 Å². The number of thiazole rings is 1. The van der Waals surface area contributed by atoms with Crippen LogP contribution in [-0.4, -0.2) is 46.0 Å². The zero-order valence-corrected chi connectivity index (χ0v) is 15.7. The molecule has 1 saturated heterocycles. The Morgan fingerprint density at radius 1 is 1.32 bits per heavy atom. The lowest BCUT2D eigenvalue weighted by atomic mass is 10.1. The third kappa shape index (κ3) is 4.17. The van der Waals surface area contributed by atoms with Crippen LogP contribution in [0.4, 0.5) is 18.9 Å². The highest BCUT2D eigenvalue weighted by atomic mass is 32.1. The first-order valence-corrected chi connectivity index (χ1v) is 9.45. The molecule has 2 N–H and O–H groups in total. The van der Waals surface area contributed by atoms with Gasteiger partial charge in [0.1, 0.15) is 11.5 Å². The van der Waals surface area contributed by atoms with Crippen LogP contribution in [0.3, 0.4) is 0 Å². The summed E-state index contributed by atoms with van der Waals surface area (Å²) >= 11 is 0.515. The van der Waals surface area contributed by atoms with Gasteiger partial charge in [0.2, 0.25) is 0 Å². The Kier molecular flexibility index (Phi) is 5.71. The first-order chi connectivity index (χ1) is 13.2. The predicted octanol–water partition coefficient (Wildman–Crippen LogP) is 2.92. The van der Waals surface area contributed by atoms with Crippen molar-refractivity contribution in [2.75, 3.05) is 18.4 Å². The van der Waals surface area contributed by atoms with Crippen LogP contribution in [0.2, 0.25) is 0 Å². The summed E-state index contributed by atoms with van der Waals surface area (Å²) in [6.45, 7) is 1.61.